The van der Waals surface area contributed by atoms with E-state index in [1.807, 2.05) is 12.3 Å². The molecule has 0 radical (unpaired) electrons. The van der Waals surface area contributed by atoms with Crippen molar-refractivity contribution in [1.82, 2.24) is 10.3 Å². The fourth-order valence-corrected chi connectivity index (χ4v) is 1.86. The van der Waals surface area contributed by atoms with Gasteiger partial charge in [0.2, 0.25) is 5.91 Å². The van der Waals surface area contributed by atoms with Crippen LogP contribution in [0.3, 0.4) is 0 Å². The van der Waals surface area contributed by atoms with Crippen molar-refractivity contribution in [3.63, 3.8) is 0 Å². The van der Waals surface area contributed by atoms with Crippen molar-refractivity contribution in [2.24, 2.45) is 11.7 Å². The summed E-state index contributed by atoms with van der Waals surface area (Å²) in [6.07, 6.45) is 0. The summed E-state index contributed by atoms with van der Waals surface area (Å²) in [5.41, 5.74) is 6.05. The Morgan fingerprint density at radius 2 is 2.33 bits per heavy atom. The van der Waals surface area contributed by atoms with Crippen molar-refractivity contribution in [2.75, 3.05) is 6.54 Å². The van der Waals surface area contributed by atoms with Crippen LogP contribution in [0, 0.1) is 12.8 Å². The molecule has 0 bridgehead atoms. The molecule has 5 heteroatoms. The van der Waals surface area contributed by atoms with E-state index in [1.54, 1.807) is 0 Å². The molecule has 0 aliphatic carbocycles. The Morgan fingerprint density at radius 3 is 2.73 bits per heavy atom. The van der Waals surface area contributed by atoms with Gasteiger partial charge in [0.05, 0.1) is 10.7 Å². The highest BCUT2D eigenvalue weighted by molar-refractivity contribution is 7.09. The van der Waals surface area contributed by atoms with E-state index < -0.39 is 6.04 Å². The van der Waals surface area contributed by atoms with E-state index in [1.165, 1.54) is 11.3 Å². The number of thiazole rings is 1. The first kappa shape index (κ1) is 12.1. The quantitative estimate of drug-likeness (QED) is 0.795. The molecule has 3 N–H and O–H groups in total. The van der Waals surface area contributed by atoms with Crippen LogP contribution in [0.25, 0.3) is 0 Å². The first-order valence-corrected chi connectivity index (χ1v) is 5.83. The molecule has 0 saturated carbocycles. The first-order chi connectivity index (χ1) is 7.00. The Bertz CT molecular complexity index is 335. The smallest absolute Gasteiger partial charge is 0.240 e. The number of carbonyl (C=O) groups excluding carboxylic acids is 1. The van der Waals surface area contributed by atoms with Crippen LogP contribution in [0.5, 0.6) is 0 Å². The number of aryl methyl sites for hydroxylation is 1. The molecule has 84 valence electrons. The minimum absolute atomic E-state index is 0.374. The number of nitrogens with one attached hydrogen (secondary N) is 1. The zero-order valence-electron chi connectivity index (χ0n) is 9.28. The number of carbonyl (C=O) groups is 1. The van der Waals surface area contributed by atoms with E-state index in [2.05, 4.69) is 24.1 Å². The summed E-state index contributed by atoms with van der Waals surface area (Å²) in [5, 5.41) is 5.94. The van der Waals surface area contributed by atoms with Gasteiger partial charge in [-0.2, -0.15) is 0 Å². The lowest BCUT2D eigenvalue weighted by molar-refractivity contribution is -0.120. The van der Waals surface area contributed by atoms with Crippen LogP contribution in [-0.2, 0) is 4.79 Å². The molecule has 1 heterocycles. The molecule has 15 heavy (non-hydrogen) atoms. The topological polar surface area (TPSA) is 68.0 Å². The van der Waals surface area contributed by atoms with Gasteiger partial charge in [0, 0.05) is 5.38 Å². The highest BCUT2D eigenvalue weighted by Crippen LogP contribution is 2.16. The predicted molar refractivity (Wildman–Crippen MR) is 61.6 cm³/mol. The van der Waals surface area contributed by atoms with Crippen molar-refractivity contribution in [1.29, 1.82) is 0 Å². The summed E-state index contributed by atoms with van der Waals surface area (Å²) in [6, 6.07) is -0.461. The van der Waals surface area contributed by atoms with Gasteiger partial charge in [-0.1, -0.05) is 13.8 Å². The molecule has 0 aliphatic heterocycles. The van der Waals surface area contributed by atoms with Crippen molar-refractivity contribution in [2.45, 2.75) is 26.8 Å². The second-order valence-corrected chi connectivity index (χ2v) is 4.99. The molecule has 1 aromatic heterocycles. The van der Waals surface area contributed by atoms with E-state index in [0.29, 0.717) is 5.92 Å². The lowest BCUT2D eigenvalue weighted by atomic mass is 10.1. The van der Waals surface area contributed by atoms with Gasteiger partial charge in [-0.25, -0.2) is 4.98 Å². The van der Waals surface area contributed by atoms with E-state index in [9.17, 15) is 4.79 Å². The fourth-order valence-electron chi connectivity index (χ4n) is 1.22. The van der Waals surface area contributed by atoms with Gasteiger partial charge in [-0.3, -0.25) is 4.79 Å². The maximum atomic E-state index is 11.2. The van der Waals surface area contributed by atoms with E-state index in [4.69, 9.17) is 5.73 Å². The van der Waals surface area contributed by atoms with Gasteiger partial charge in [0.25, 0.3) is 0 Å². The fraction of sp³-hybridized carbons (Fsp3) is 0.600. The molecule has 1 rings (SSSR count). The SMILES string of the molecule is Cc1nc(C(NCC(C)C)C(N)=O)cs1. The monoisotopic (exact) mass is 227 g/mol. The zero-order valence-corrected chi connectivity index (χ0v) is 10.1. The minimum atomic E-state index is -0.461. The summed E-state index contributed by atoms with van der Waals surface area (Å²) in [5.74, 6) is 0.104. The Morgan fingerprint density at radius 1 is 1.67 bits per heavy atom. The molecule has 4 nitrogen and oxygen atoms in total. The standard InChI is InChI=1S/C10H17N3OS/c1-6(2)4-12-9(10(11)14)8-5-15-7(3)13-8/h5-6,9,12H,4H2,1-3H3,(H2,11,14). The molecule has 1 atom stereocenters. The van der Waals surface area contributed by atoms with Crippen molar-refractivity contribution < 1.29 is 4.79 Å². The highest BCUT2D eigenvalue weighted by atomic mass is 32.1. The van der Waals surface area contributed by atoms with Crippen LogP contribution in [0.2, 0.25) is 0 Å². The largest absolute Gasteiger partial charge is 0.368 e. The number of nitrogens with two attached hydrogens (primary N) is 1. The molecule has 0 aliphatic rings. The van der Waals surface area contributed by atoms with E-state index in [-0.39, 0.29) is 5.91 Å². The highest BCUT2D eigenvalue weighted by Gasteiger charge is 2.19. The first-order valence-electron chi connectivity index (χ1n) is 4.95. The third-order valence-electron chi connectivity index (χ3n) is 1.95. The van der Waals surface area contributed by atoms with Crippen LogP contribution in [0.15, 0.2) is 5.38 Å². The van der Waals surface area contributed by atoms with Crippen LogP contribution < -0.4 is 11.1 Å². The number of nitrogens with zero attached hydrogens (tertiary/aromatic N) is 1. The Kier molecular flexibility index (Phi) is 4.23. The summed E-state index contributed by atoms with van der Waals surface area (Å²) in [4.78, 5) is 15.5. The summed E-state index contributed by atoms with van der Waals surface area (Å²) in [6.45, 7) is 6.83. The second-order valence-electron chi connectivity index (χ2n) is 3.93. The Labute approximate surface area is 93.9 Å². The molecule has 0 saturated heterocycles. The number of primary amides is 1. The Hall–Kier alpha value is -0.940. The van der Waals surface area contributed by atoms with E-state index in [0.717, 1.165) is 17.2 Å². The lowest BCUT2D eigenvalue weighted by Gasteiger charge is -2.14. The Balaban J connectivity index is 2.70. The van der Waals surface area contributed by atoms with Gasteiger partial charge in [0.15, 0.2) is 0 Å². The molecule has 0 aromatic carbocycles. The summed E-state index contributed by atoms with van der Waals surface area (Å²) in [7, 11) is 0. The average Bonchev–Trinajstić information content (AvgIpc) is 2.51. The molecule has 1 aromatic rings. The van der Waals surface area contributed by atoms with Crippen LogP contribution in [-0.4, -0.2) is 17.4 Å². The normalized spacial score (nSPS) is 13.1. The van der Waals surface area contributed by atoms with E-state index >= 15 is 0 Å². The molecule has 1 amide bonds. The average molecular weight is 227 g/mol. The van der Waals surface area contributed by atoms with Gasteiger partial charge in [0.1, 0.15) is 6.04 Å². The number of aromatic nitrogens is 1. The van der Waals surface area contributed by atoms with Gasteiger partial charge < -0.3 is 11.1 Å². The number of amides is 1. The number of hydrogen-bond donors (Lipinski definition) is 2. The molecule has 1 unspecified atom stereocenters. The van der Waals surface area contributed by atoms with Crippen molar-refractivity contribution in [3.8, 4) is 0 Å². The summed E-state index contributed by atoms with van der Waals surface area (Å²) >= 11 is 1.53. The van der Waals surface area contributed by atoms with Crippen LogP contribution >= 0.6 is 11.3 Å². The molecular formula is C10H17N3OS. The number of rotatable bonds is 5. The molecule has 0 fully saturated rings. The van der Waals surface area contributed by atoms with Crippen LogP contribution in [0.4, 0.5) is 0 Å². The lowest BCUT2D eigenvalue weighted by Crippen LogP contribution is -2.35. The van der Waals surface area contributed by atoms with Gasteiger partial charge in [-0.05, 0) is 19.4 Å². The summed E-state index contributed by atoms with van der Waals surface area (Å²) < 4.78 is 0. The zero-order chi connectivity index (χ0) is 11.4. The predicted octanol–water partition coefficient (Wildman–Crippen LogP) is 1.22. The molecular weight excluding hydrogens is 210 g/mol. The second kappa shape index (κ2) is 5.23. The third-order valence-corrected chi connectivity index (χ3v) is 2.74. The van der Waals surface area contributed by atoms with Gasteiger partial charge >= 0.3 is 0 Å². The maximum absolute atomic E-state index is 11.2. The molecule has 0 spiro atoms. The van der Waals surface area contributed by atoms with Gasteiger partial charge in [-0.15, -0.1) is 11.3 Å². The van der Waals surface area contributed by atoms with Crippen molar-refractivity contribution in [3.05, 3.63) is 16.1 Å². The third kappa shape index (κ3) is 3.60. The number of hydrogen-bond acceptors (Lipinski definition) is 4. The minimum Gasteiger partial charge on any atom is -0.368 e. The van der Waals surface area contributed by atoms with Crippen molar-refractivity contribution >= 4 is 17.2 Å². The maximum Gasteiger partial charge on any atom is 0.240 e. The van der Waals surface area contributed by atoms with Crippen LogP contribution in [0.1, 0.15) is 30.6 Å².